The van der Waals surface area contributed by atoms with Gasteiger partial charge in [-0.2, -0.15) is 0 Å². The zero-order valence-electron chi connectivity index (χ0n) is 11.6. The van der Waals surface area contributed by atoms with Crippen molar-refractivity contribution in [2.75, 3.05) is 0 Å². The van der Waals surface area contributed by atoms with E-state index in [0.717, 1.165) is 12.8 Å². The normalized spacial score (nSPS) is 13.4. The highest BCUT2D eigenvalue weighted by molar-refractivity contribution is 9.10. The van der Waals surface area contributed by atoms with E-state index in [-0.39, 0.29) is 23.0 Å². The van der Waals surface area contributed by atoms with Gasteiger partial charge in [0.15, 0.2) is 0 Å². The van der Waals surface area contributed by atoms with Crippen molar-refractivity contribution in [3.05, 3.63) is 28.0 Å². The van der Waals surface area contributed by atoms with Crippen LogP contribution < -0.4 is 10.5 Å². The summed E-state index contributed by atoms with van der Waals surface area (Å²) in [5.41, 5.74) is 5.60. The van der Waals surface area contributed by atoms with Gasteiger partial charge in [-0.3, -0.25) is 0 Å². The molecular formula is C13H20BrFN2O2S. The molecule has 0 aliphatic carbocycles. The van der Waals surface area contributed by atoms with E-state index in [1.807, 2.05) is 13.8 Å². The third kappa shape index (κ3) is 4.25. The molecule has 0 fully saturated rings. The molecule has 0 saturated carbocycles. The number of nitrogens with two attached hydrogens (primary N) is 1. The van der Waals surface area contributed by atoms with Crippen molar-refractivity contribution in [2.24, 2.45) is 5.73 Å². The molecule has 1 atom stereocenters. The van der Waals surface area contributed by atoms with Crippen LogP contribution in [-0.4, -0.2) is 14.5 Å². The number of hydrogen-bond acceptors (Lipinski definition) is 3. The van der Waals surface area contributed by atoms with Crippen molar-refractivity contribution in [3.63, 3.8) is 0 Å². The Labute approximate surface area is 128 Å². The van der Waals surface area contributed by atoms with Crippen molar-refractivity contribution in [3.8, 4) is 0 Å². The molecule has 1 unspecified atom stereocenters. The first kappa shape index (κ1) is 17.6. The number of rotatable bonds is 7. The average molecular weight is 367 g/mol. The molecule has 0 bridgehead atoms. The highest BCUT2D eigenvalue weighted by Crippen LogP contribution is 2.24. The Bertz CT molecular complexity index is 564. The van der Waals surface area contributed by atoms with Gasteiger partial charge in [-0.1, -0.05) is 36.2 Å². The number of benzene rings is 1. The minimum atomic E-state index is -3.89. The lowest BCUT2D eigenvalue weighted by Gasteiger charge is -2.17. The highest BCUT2D eigenvalue weighted by atomic mass is 79.9. The van der Waals surface area contributed by atoms with Gasteiger partial charge in [0.2, 0.25) is 10.0 Å². The molecule has 3 N–H and O–H groups in total. The Hall–Kier alpha value is -0.500. The zero-order chi connectivity index (χ0) is 15.3. The van der Waals surface area contributed by atoms with Crippen molar-refractivity contribution >= 4 is 26.0 Å². The summed E-state index contributed by atoms with van der Waals surface area (Å²) in [6.07, 6.45) is 2.23. The summed E-state index contributed by atoms with van der Waals surface area (Å²) < 4.78 is 41.8. The second-order valence-corrected chi connectivity index (χ2v) is 7.19. The maximum atomic E-state index is 14.2. The molecular weight excluding hydrogens is 347 g/mol. The minimum Gasteiger partial charge on any atom is -0.326 e. The third-order valence-electron chi connectivity index (χ3n) is 3.04. The van der Waals surface area contributed by atoms with E-state index in [1.54, 1.807) is 0 Å². The summed E-state index contributed by atoms with van der Waals surface area (Å²) in [5, 5.41) is 0. The summed E-state index contributed by atoms with van der Waals surface area (Å²) in [5.74, 6) is -0.783. The van der Waals surface area contributed by atoms with Crippen LogP contribution in [-0.2, 0) is 16.6 Å². The van der Waals surface area contributed by atoms with Gasteiger partial charge >= 0.3 is 0 Å². The van der Waals surface area contributed by atoms with Gasteiger partial charge in [-0.15, -0.1) is 0 Å². The molecule has 4 nitrogen and oxygen atoms in total. The highest BCUT2D eigenvalue weighted by Gasteiger charge is 2.24. The number of sulfonamides is 1. The third-order valence-corrected chi connectivity index (χ3v) is 5.02. The number of halogens is 2. The molecule has 20 heavy (non-hydrogen) atoms. The minimum absolute atomic E-state index is 0.0556. The summed E-state index contributed by atoms with van der Waals surface area (Å²) in [4.78, 5) is -0.359. The van der Waals surface area contributed by atoms with Gasteiger partial charge in [0, 0.05) is 22.6 Å². The molecule has 0 amide bonds. The van der Waals surface area contributed by atoms with Gasteiger partial charge in [-0.05, 0) is 25.0 Å². The van der Waals surface area contributed by atoms with E-state index >= 15 is 0 Å². The second kappa shape index (κ2) is 7.49. The summed E-state index contributed by atoms with van der Waals surface area (Å²) in [6, 6.07) is 2.55. The van der Waals surface area contributed by atoms with Crippen molar-refractivity contribution in [1.29, 1.82) is 0 Å². The van der Waals surface area contributed by atoms with E-state index < -0.39 is 15.8 Å². The Morgan fingerprint density at radius 1 is 1.40 bits per heavy atom. The van der Waals surface area contributed by atoms with Crippen LogP contribution in [0.5, 0.6) is 0 Å². The maximum Gasteiger partial charge on any atom is 0.243 e. The van der Waals surface area contributed by atoms with E-state index in [9.17, 15) is 12.8 Å². The van der Waals surface area contributed by atoms with Crippen LogP contribution in [0.3, 0.4) is 0 Å². The molecule has 0 heterocycles. The molecule has 0 radical (unpaired) electrons. The van der Waals surface area contributed by atoms with Gasteiger partial charge in [0.25, 0.3) is 0 Å². The summed E-state index contributed by atoms with van der Waals surface area (Å²) in [6.45, 7) is 3.81. The Kier molecular flexibility index (Phi) is 6.57. The van der Waals surface area contributed by atoms with Crippen LogP contribution in [0.2, 0.25) is 0 Å². The number of hydrogen-bond donors (Lipinski definition) is 2. The topological polar surface area (TPSA) is 72.2 Å². The quantitative estimate of drug-likeness (QED) is 0.778. The van der Waals surface area contributed by atoms with Gasteiger partial charge in [0.1, 0.15) is 10.7 Å². The Morgan fingerprint density at radius 2 is 2.05 bits per heavy atom. The molecule has 1 aromatic carbocycles. The van der Waals surface area contributed by atoms with Crippen LogP contribution in [0.15, 0.2) is 21.5 Å². The first-order valence-electron chi connectivity index (χ1n) is 6.56. The van der Waals surface area contributed by atoms with Crippen LogP contribution >= 0.6 is 15.9 Å². The second-order valence-electron chi connectivity index (χ2n) is 4.60. The fourth-order valence-electron chi connectivity index (χ4n) is 1.94. The molecule has 0 saturated heterocycles. The first-order chi connectivity index (χ1) is 9.35. The van der Waals surface area contributed by atoms with Gasteiger partial charge in [0.05, 0.1) is 0 Å². The lowest BCUT2D eigenvalue weighted by molar-refractivity contribution is 0.504. The smallest absolute Gasteiger partial charge is 0.243 e. The van der Waals surface area contributed by atoms with Crippen molar-refractivity contribution in [2.45, 2.75) is 50.6 Å². The largest absolute Gasteiger partial charge is 0.326 e. The molecule has 0 spiro atoms. The summed E-state index contributed by atoms with van der Waals surface area (Å²) in [7, 11) is -3.89. The van der Waals surface area contributed by atoms with Crippen LogP contribution in [0.25, 0.3) is 0 Å². The van der Waals surface area contributed by atoms with Crippen molar-refractivity contribution in [1.82, 2.24) is 4.72 Å². The Morgan fingerprint density at radius 3 is 2.55 bits per heavy atom. The van der Waals surface area contributed by atoms with Crippen molar-refractivity contribution < 1.29 is 12.8 Å². The predicted octanol–water partition coefficient (Wildman–Crippen LogP) is 2.90. The van der Waals surface area contributed by atoms with E-state index in [1.165, 1.54) is 12.1 Å². The SMILES string of the molecule is CCCC(CC)NS(=O)(=O)c1cc(Br)cc(CN)c1F. The van der Waals surface area contributed by atoms with Crippen LogP contribution in [0, 0.1) is 5.82 Å². The zero-order valence-corrected chi connectivity index (χ0v) is 14.0. The van der Waals surface area contributed by atoms with E-state index in [0.29, 0.717) is 10.9 Å². The molecule has 114 valence electrons. The van der Waals surface area contributed by atoms with Crippen LogP contribution in [0.4, 0.5) is 4.39 Å². The van der Waals surface area contributed by atoms with Gasteiger partial charge in [-0.25, -0.2) is 17.5 Å². The van der Waals surface area contributed by atoms with Gasteiger partial charge < -0.3 is 5.73 Å². The first-order valence-corrected chi connectivity index (χ1v) is 8.83. The molecule has 0 aromatic heterocycles. The fourth-order valence-corrected chi connectivity index (χ4v) is 4.10. The molecule has 1 rings (SSSR count). The monoisotopic (exact) mass is 366 g/mol. The van der Waals surface area contributed by atoms with E-state index in [4.69, 9.17) is 5.73 Å². The lowest BCUT2D eigenvalue weighted by atomic mass is 10.1. The average Bonchev–Trinajstić information content (AvgIpc) is 2.40. The molecule has 0 aliphatic rings. The maximum absolute atomic E-state index is 14.2. The summed E-state index contributed by atoms with van der Waals surface area (Å²) >= 11 is 3.18. The molecule has 7 heteroatoms. The standard InChI is InChI=1S/C13H20BrFN2O2S/c1-3-5-11(4-2)17-20(18,19)12-7-10(14)6-9(8-16)13(12)15/h6-7,11,17H,3-5,8,16H2,1-2H3. The molecule has 1 aromatic rings. The molecule has 0 aliphatic heterocycles. The Balaban J connectivity index is 3.18. The number of nitrogens with one attached hydrogen (secondary N) is 1. The lowest BCUT2D eigenvalue weighted by Crippen LogP contribution is -2.35. The fraction of sp³-hybridized carbons (Fsp3) is 0.538. The van der Waals surface area contributed by atoms with Crippen LogP contribution in [0.1, 0.15) is 38.7 Å². The van der Waals surface area contributed by atoms with E-state index in [2.05, 4.69) is 20.7 Å². The predicted molar refractivity (Wildman–Crippen MR) is 81.3 cm³/mol.